The Labute approximate surface area is 157 Å². The zero-order valence-electron chi connectivity index (χ0n) is 15.6. The van der Waals surface area contributed by atoms with Crippen LogP contribution in [0.4, 0.5) is 5.82 Å². The van der Waals surface area contributed by atoms with E-state index in [0.29, 0.717) is 11.6 Å². The Morgan fingerprint density at radius 3 is 2.33 bits per heavy atom. The van der Waals surface area contributed by atoms with Crippen molar-refractivity contribution in [3.05, 3.63) is 48.1 Å². The van der Waals surface area contributed by atoms with Crippen LogP contribution >= 0.6 is 0 Å². The SMILES string of the molecule is CCOC(=O)C(=CNc1ccnc(-c2ccnc(CC)c2)n1)C(=O)OCC. The highest BCUT2D eigenvalue weighted by atomic mass is 16.6. The molecule has 0 amide bonds. The van der Waals surface area contributed by atoms with Gasteiger partial charge in [-0.1, -0.05) is 6.92 Å². The van der Waals surface area contributed by atoms with Crippen molar-refractivity contribution in [3.63, 3.8) is 0 Å². The fourth-order valence-electron chi connectivity index (χ4n) is 2.15. The minimum Gasteiger partial charge on any atom is -0.462 e. The van der Waals surface area contributed by atoms with Crippen molar-refractivity contribution >= 4 is 17.8 Å². The summed E-state index contributed by atoms with van der Waals surface area (Å²) in [6.45, 7) is 5.63. The summed E-state index contributed by atoms with van der Waals surface area (Å²) in [7, 11) is 0. The molecule has 8 heteroatoms. The van der Waals surface area contributed by atoms with Crippen molar-refractivity contribution < 1.29 is 19.1 Å². The maximum Gasteiger partial charge on any atom is 0.347 e. The molecule has 0 aliphatic carbocycles. The number of nitrogens with zero attached hydrogens (tertiary/aromatic N) is 3. The van der Waals surface area contributed by atoms with Gasteiger partial charge in [0.25, 0.3) is 0 Å². The summed E-state index contributed by atoms with van der Waals surface area (Å²) in [6, 6.07) is 5.35. The number of hydrogen-bond acceptors (Lipinski definition) is 8. The highest BCUT2D eigenvalue weighted by Crippen LogP contribution is 2.17. The monoisotopic (exact) mass is 370 g/mol. The molecule has 0 aliphatic heterocycles. The normalized spacial score (nSPS) is 10.0. The Balaban J connectivity index is 2.25. The second kappa shape index (κ2) is 10.0. The van der Waals surface area contributed by atoms with Crippen molar-refractivity contribution in [1.82, 2.24) is 15.0 Å². The molecule has 2 heterocycles. The molecular weight excluding hydrogens is 348 g/mol. The van der Waals surface area contributed by atoms with Gasteiger partial charge in [-0.25, -0.2) is 19.6 Å². The van der Waals surface area contributed by atoms with Gasteiger partial charge in [0.2, 0.25) is 0 Å². The molecule has 0 unspecified atom stereocenters. The maximum absolute atomic E-state index is 12.0. The number of aryl methyl sites for hydroxylation is 1. The van der Waals surface area contributed by atoms with Gasteiger partial charge >= 0.3 is 11.9 Å². The van der Waals surface area contributed by atoms with Gasteiger partial charge in [0.1, 0.15) is 5.82 Å². The number of carbonyl (C=O) groups excluding carboxylic acids is 2. The van der Waals surface area contributed by atoms with E-state index in [9.17, 15) is 9.59 Å². The van der Waals surface area contributed by atoms with E-state index in [-0.39, 0.29) is 18.8 Å². The summed E-state index contributed by atoms with van der Waals surface area (Å²) in [6.07, 6.45) is 5.32. The van der Waals surface area contributed by atoms with Crippen LogP contribution in [0.1, 0.15) is 26.5 Å². The van der Waals surface area contributed by atoms with Gasteiger partial charge in [0.15, 0.2) is 11.4 Å². The number of anilines is 1. The molecule has 0 bridgehead atoms. The second-order valence-electron chi connectivity index (χ2n) is 5.30. The lowest BCUT2D eigenvalue weighted by atomic mass is 10.2. The van der Waals surface area contributed by atoms with E-state index in [1.165, 1.54) is 6.20 Å². The van der Waals surface area contributed by atoms with E-state index >= 15 is 0 Å². The zero-order chi connectivity index (χ0) is 19.6. The number of ether oxygens (including phenoxy) is 2. The molecule has 2 aromatic heterocycles. The van der Waals surface area contributed by atoms with Crippen LogP contribution in [0.15, 0.2) is 42.4 Å². The summed E-state index contributed by atoms with van der Waals surface area (Å²) < 4.78 is 9.78. The van der Waals surface area contributed by atoms with Crippen LogP contribution in [0.3, 0.4) is 0 Å². The van der Waals surface area contributed by atoms with E-state index < -0.39 is 11.9 Å². The summed E-state index contributed by atoms with van der Waals surface area (Å²) in [5.74, 6) is -0.612. The minimum atomic E-state index is -0.764. The van der Waals surface area contributed by atoms with E-state index in [0.717, 1.165) is 17.7 Å². The molecule has 0 saturated carbocycles. The highest BCUT2D eigenvalue weighted by molar-refractivity contribution is 6.14. The van der Waals surface area contributed by atoms with Crippen LogP contribution < -0.4 is 5.32 Å². The Morgan fingerprint density at radius 2 is 1.70 bits per heavy atom. The quantitative estimate of drug-likeness (QED) is 0.327. The largest absolute Gasteiger partial charge is 0.462 e. The second-order valence-corrected chi connectivity index (χ2v) is 5.30. The average molecular weight is 370 g/mol. The molecule has 1 N–H and O–H groups in total. The third-order valence-electron chi connectivity index (χ3n) is 3.45. The van der Waals surface area contributed by atoms with Gasteiger partial charge in [-0.2, -0.15) is 0 Å². The predicted molar refractivity (Wildman–Crippen MR) is 99.6 cm³/mol. The molecule has 142 valence electrons. The lowest BCUT2D eigenvalue weighted by Gasteiger charge is -2.08. The third-order valence-corrected chi connectivity index (χ3v) is 3.45. The first-order valence-corrected chi connectivity index (χ1v) is 8.68. The molecule has 8 nitrogen and oxygen atoms in total. The van der Waals surface area contributed by atoms with Gasteiger partial charge < -0.3 is 14.8 Å². The highest BCUT2D eigenvalue weighted by Gasteiger charge is 2.21. The standard InChI is InChI=1S/C19H22N4O4/c1-4-14-11-13(7-9-20-14)17-21-10-8-16(23-17)22-12-15(18(24)26-5-2)19(25)27-6-3/h7-12H,4-6H2,1-3H3,(H,21,22,23). The summed E-state index contributed by atoms with van der Waals surface area (Å²) in [5.41, 5.74) is 1.52. The average Bonchev–Trinajstić information content (AvgIpc) is 2.69. The van der Waals surface area contributed by atoms with E-state index in [1.807, 2.05) is 19.1 Å². The van der Waals surface area contributed by atoms with Crippen LogP contribution in [-0.2, 0) is 25.5 Å². The first kappa shape index (κ1) is 20.0. The van der Waals surface area contributed by atoms with Crippen molar-refractivity contribution in [2.75, 3.05) is 18.5 Å². The van der Waals surface area contributed by atoms with Gasteiger partial charge in [-0.05, 0) is 38.5 Å². The Hall–Kier alpha value is -3.29. The van der Waals surface area contributed by atoms with Crippen LogP contribution in [-0.4, -0.2) is 40.1 Å². The number of esters is 2. The van der Waals surface area contributed by atoms with Crippen molar-refractivity contribution in [3.8, 4) is 11.4 Å². The molecule has 0 saturated heterocycles. The van der Waals surface area contributed by atoms with Crippen LogP contribution in [0.5, 0.6) is 0 Å². The smallest absolute Gasteiger partial charge is 0.347 e. The topological polar surface area (TPSA) is 103 Å². The molecule has 0 spiro atoms. The molecular formula is C19H22N4O4. The first-order valence-electron chi connectivity index (χ1n) is 8.68. The Bertz CT molecular complexity index is 816. The van der Waals surface area contributed by atoms with Crippen molar-refractivity contribution in [1.29, 1.82) is 0 Å². The van der Waals surface area contributed by atoms with E-state index in [2.05, 4.69) is 20.3 Å². The molecule has 0 aromatic carbocycles. The number of rotatable bonds is 8. The Kier molecular flexibility index (Phi) is 7.42. The molecule has 0 atom stereocenters. The third kappa shape index (κ3) is 5.60. The number of aromatic nitrogens is 3. The fourth-order valence-corrected chi connectivity index (χ4v) is 2.15. The Morgan fingerprint density at radius 1 is 1.04 bits per heavy atom. The van der Waals surface area contributed by atoms with E-state index in [1.54, 1.807) is 32.3 Å². The zero-order valence-corrected chi connectivity index (χ0v) is 15.6. The number of nitrogens with one attached hydrogen (secondary N) is 1. The van der Waals surface area contributed by atoms with Crippen LogP contribution in [0.25, 0.3) is 11.4 Å². The van der Waals surface area contributed by atoms with Gasteiger partial charge in [0.05, 0.1) is 13.2 Å². The lowest BCUT2D eigenvalue weighted by molar-refractivity contribution is -0.146. The molecule has 0 radical (unpaired) electrons. The van der Waals surface area contributed by atoms with Crippen LogP contribution in [0.2, 0.25) is 0 Å². The maximum atomic E-state index is 12.0. The van der Waals surface area contributed by atoms with Gasteiger partial charge in [-0.15, -0.1) is 0 Å². The summed E-state index contributed by atoms with van der Waals surface area (Å²) in [5, 5.41) is 2.83. The minimum absolute atomic E-state index is 0.148. The van der Waals surface area contributed by atoms with Crippen molar-refractivity contribution in [2.24, 2.45) is 0 Å². The predicted octanol–water partition coefficient (Wildman–Crippen LogP) is 2.52. The first-order chi connectivity index (χ1) is 13.1. The molecule has 2 rings (SSSR count). The number of carbonyl (C=O) groups is 2. The molecule has 2 aromatic rings. The molecule has 0 fully saturated rings. The van der Waals surface area contributed by atoms with Crippen LogP contribution in [0, 0.1) is 0 Å². The molecule has 27 heavy (non-hydrogen) atoms. The summed E-state index contributed by atoms with van der Waals surface area (Å²) in [4.78, 5) is 36.9. The van der Waals surface area contributed by atoms with Gasteiger partial charge in [0, 0.05) is 29.9 Å². The number of hydrogen-bond donors (Lipinski definition) is 1. The molecule has 0 aliphatic rings. The van der Waals surface area contributed by atoms with E-state index in [4.69, 9.17) is 9.47 Å². The van der Waals surface area contributed by atoms with Gasteiger partial charge in [-0.3, -0.25) is 4.98 Å². The fraction of sp³-hybridized carbons (Fsp3) is 0.316. The number of pyridine rings is 1. The lowest BCUT2D eigenvalue weighted by Crippen LogP contribution is -2.19. The van der Waals surface area contributed by atoms with Crippen molar-refractivity contribution in [2.45, 2.75) is 27.2 Å². The summed E-state index contributed by atoms with van der Waals surface area (Å²) >= 11 is 0.